The molecule has 0 aliphatic carbocycles. The van der Waals surface area contributed by atoms with Gasteiger partial charge in [0.1, 0.15) is 17.1 Å². The van der Waals surface area contributed by atoms with E-state index >= 15 is 0 Å². The summed E-state index contributed by atoms with van der Waals surface area (Å²) in [5.41, 5.74) is 2.67. The minimum Gasteiger partial charge on any atom is -0.508 e. The number of phenols is 1. The van der Waals surface area contributed by atoms with Gasteiger partial charge in [-0.1, -0.05) is 18.2 Å². The molecule has 102 valence electrons. The van der Waals surface area contributed by atoms with Crippen LogP contribution in [-0.2, 0) is 6.42 Å². The maximum Gasteiger partial charge on any atom is 0.160 e. The van der Waals surface area contributed by atoms with Crippen LogP contribution in [0.1, 0.15) is 31.3 Å². The molecule has 0 unspecified atom stereocenters. The molecule has 2 heterocycles. The van der Waals surface area contributed by atoms with E-state index in [-0.39, 0.29) is 6.04 Å². The van der Waals surface area contributed by atoms with Crippen molar-refractivity contribution in [2.75, 3.05) is 0 Å². The van der Waals surface area contributed by atoms with E-state index in [4.69, 9.17) is 0 Å². The molecule has 4 nitrogen and oxygen atoms in total. The molecule has 4 heteroatoms. The Balaban J connectivity index is 2.12. The molecule has 1 aromatic carbocycles. The number of hydrogen-bond donors (Lipinski definition) is 1. The Kier molecular flexibility index (Phi) is 3.14. The summed E-state index contributed by atoms with van der Waals surface area (Å²) in [6, 6.07) is 11.5. The maximum atomic E-state index is 9.92. The molecular weight excluding hydrogens is 250 g/mol. The maximum absolute atomic E-state index is 9.92. The van der Waals surface area contributed by atoms with E-state index in [2.05, 4.69) is 28.4 Å². The lowest BCUT2D eigenvalue weighted by Crippen LogP contribution is -2.07. The highest BCUT2D eigenvalue weighted by Crippen LogP contribution is 2.24. The molecule has 0 amide bonds. The zero-order valence-corrected chi connectivity index (χ0v) is 11.6. The Morgan fingerprint density at radius 1 is 1.15 bits per heavy atom. The predicted octanol–water partition coefficient (Wildman–Crippen LogP) is 3.31. The summed E-state index contributed by atoms with van der Waals surface area (Å²) >= 11 is 0. The van der Waals surface area contributed by atoms with Crippen LogP contribution in [0.25, 0.3) is 11.2 Å². The number of nitrogens with zero attached hydrogens (tertiary/aromatic N) is 3. The van der Waals surface area contributed by atoms with Gasteiger partial charge in [0, 0.05) is 24.2 Å². The second-order valence-corrected chi connectivity index (χ2v) is 5.14. The van der Waals surface area contributed by atoms with Gasteiger partial charge in [0.15, 0.2) is 5.65 Å². The van der Waals surface area contributed by atoms with Gasteiger partial charge in [-0.15, -0.1) is 0 Å². The van der Waals surface area contributed by atoms with Gasteiger partial charge in [0.05, 0.1) is 0 Å². The molecule has 0 aliphatic rings. The van der Waals surface area contributed by atoms with Crippen molar-refractivity contribution in [1.82, 2.24) is 14.5 Å². The average Bonchev–Trinajstić information content (AvgIpc) is 2.79. The van der Waals surface area contributed by atoms with Crippen LogP contribution in [0.15, 0.2) is 42.6 Å². The van der Waals surface area contributed by atoms with Gasteiger partial charge in [-0.25, -0.2) is 9.97 Å². The zero-order valence-electron chi connectivity index (χ0n) is 11.6. The van der Waals surface area contributed by atoms with Gasteiger partial charge >= 0.3 is 0 Å². The second-order valence-electron chi connectivity index (χ2n) is 5.14. The van der Waals surface area contributed by atoms with Crippen LogP contribution in [0, 0.1) is 0 Å². The van der Waals surface area contributed by atoms with Crippen LogP contribution in [0.2, 0.25) is 0 Å². The first-order valence-corrected chi connectivity index (χ1v) is 6.75. The Bertz CT molecular complexity index is 746. The molecule has 0 bridgehead atoms. The minimum atomic E-state index is 0.274. The summed E-state index contributed by atoms with van der Waals surface area (Å²) in [6.45, 7) is 4.23. The summed E-state index contributed by atoms with van der Waals surface area (Å²) < 4.78 is 2.13. The number of aromatic hydroxyl groups is 1. The molecule has 3 rings (SSSR count). The predicted molar refractivity (Wildman–Crippen MR) is 78.8 cm³/mol. The first-order valence-electron chi connectivity index (χ1n) is 6.75. The van der Waals surface area contributed by atoms with Crippen molar-refractivity contribution in [2.45, 2.75) is 26.3 Å². The second kappa shape index (κ2) is 4.96. The Labute approximate surface area is 117 Å². The van der Waals surface area contributed by atoms with E-state index in [1.807, 2.05) is 30.3 Å². The highest BCUT2D eigenvalue weighted by molar-refractivity contribution is 5.71. The molecule has 2 aromatic heterocycles. The lowest BCUT2D eigenvalue weighted by atomic mass is 10.1. The van der Waals surface area contributed by atoms with Gasteiger partial charge in [0.25, 0.3) is 0 Å². The molecule has 20 heavy (non-hydrogen) atoms. The van der Waals surface area contributed by atoms with Gasteiger partial charge < -0.3 is 9.67 Å². The molecule has 0 fully saturated rings. The molecule has 0 aliphatic heterocycles. The third-order valence-corrected chi connectivity index (χ3v) is 3.38. The third-order valence-electron chi connectivity index (χ3n) is 3.38. The smallest absolute Gasteiger partial charge is 0.160 e. The van der Waals surface area contributed by atoms with Crippen molar-refractivity contribution in [2.24, 2.45) is 0 Å². The van der Waals surface area contributed by atoms with Crippen LogP contribution in [0.4, 0.5) is 0 Å². The van der Waals surface area contributed by atoms with Crippen molar-refractivity contribution >= 4 is 11.2 Å². The number of pyridine rings is 1. The summed E-state index contributed by atoms with van der Waals surface area (Å²) in [5.74, 6) is 1.23. The third kappa shape index (κ3) is 2.13. The molecular formula is C16H17N3O. The number of rotatable bonds is 3. The summed E-state index contributed by atoms with van der Waals surface area (Å²) in [4.78, 5) is 9.08. The topological polar surface area (TPSA) is 50.9 Å². The fourth-order valence-corrected chi connectivity index (χ4v) is 2.47. The van der Waals surface area contributed by atoms with Crippen LogP contribution in [-0.4, -0.2) is 19.6 Å². The number of aromatic nitrogens is 3. The average molecular weight is 267 g/mol. The first kappa shape index (κ1) is 12.7. The van der Waals surface area contributed by atoms with Crippen molar-refractivity contribution < 1.29 is 5.11 Å². The van der Waals surface area contributed by atoms with Gasteiger partial charge in [-0.3, -0.25) is 0 Å². The highest BCUT2D eigenvalue weighted by Gasteiger charge is 2.15. The van der Waals surface area contributed by atoms with E-state index in [1.165, 1.54) is 0 Å². The van der Waals surface area contributed by atoms with Crippen molar-refractivity contribution in [3.8, 4) is 5.75 Å². The molecule has 0 spiro atoms. The van der Waals surface area contributed by atoms with Crippen LogP contribution >= 0.6 is 0 Å². The zero-order chi connectivity index (χ0) is 14.1. The van der Waals surface area contributed by atoms with Gasteiger partial charge in [0.2, 0.25) is 0 Å². The highest BCUT2D eigenvalue weighted by atomic mass is 16.3. The van der Waals surface area contributed by atoms with Crippen molar-refractivity contribution in [1.29, 1.82) is 0 Å². The SMILES string of the molecule is CC(C)n1c(Cc2ccccc2O)nc2cccnc21. The normalized spacial score (nSPS) is 11.3. The number of phenolic OH excluding ortho intramolecular Hbond substituents is 1. The number of imidazole rings is 1. The lowest BCUT2D eigenvalue weighted by molar-refractivity contribution is 0.468. The quantitative estimate of drug-likeness (QED) is 0.792. The first-order chi connectivity index (χ1) is 9.66. The number of fused-ring (bicyclic) bond motifs is 1. The van der Waals surface area contributed by atoms with Gasteiger partial charge in [-0.2, -0.15) is 0 Å². The summed E-state index contributed by atoms with van der Waals surface area (Å²) in [7, 11) is 0. The molecule has 0 radical (unpaired) electrons. The molecule has 0 saturated carbocycles. The molecule has 0 saturated heterocycles. The lowest BCUT2D eigenvalue weighted by Gasteiger charge is -2.12. The fourth-order valence-electron chi connectivity index (χ4n) is 2.47. The largest absolute Gasteiger partial charge is 0.508 e. The summed E-state index contributed by atoms with van der Waals surface area (Å²) in [6.07, 6.45) is 2.38. The van der Waals surface area contributed by atoms with Gasteiger partial charge in [-0.05, 0) is 32.0 Å². The van der Waals surface area contributed by atoms with E-state index in [1.54, 1.807) is 12.3 Å². The Hall–Kier alpha value is -2.36. The summed E-state index contributed by atoms with van der Waals surface area (Å²) in [5, 5.41) is 9.92. The fraction of sp³-hybridized carbons (Fsp3) is 0.250. The van der Waals surface area contributed by atoms with Crippen LogP contribution in [0.3, 0.4) is 0 Å². The monoisotopic (exact) mass is 267 g/mol. The van der Waals surface area contributed by atoms with Crippen LogP contribution < -0.4 is 0 Å². The van der Waals surface area contributed by atoms with Crippen LogP contribution in [0.5, 0.6) is 5.75 Å². The standard InChI is InChI=1S/C16H17N3O/c1-11(2)19-15(10-12-6-3-4-8-14(12)20)18-13-7-5-9-17-16(13)19/h3-9,11,20H,10H2,1-2H3. The van der Waals surface area contributed by atoms with Crippen molar-refractivity contribution in [3.63, 3.8) is 0 Å². The Morgan fingerprint density at radius 2 is 1.95 bits per heavy atom. The Morgan fingerprint density at radius 3 is 2.70 bits per heavy atom. The van der Waals surface area contributed by atoms with Crippen molar-refractivity contribution in [3.05, 3.63) is 54.0 Å². The minimum absolute atomic E-state index is 0.274. The van der Waals surface area contributed by atoms with E-state index < -0.39 is 0 Å². The van der Waals surface area contributed by atoms with E-state index in [9.17, 15) is 5.11 Å². The van der Waals surface area contributed by atoms with E-state index in [0.29, 0.717) is 12.2 Å². The molecule has 0 atom stereocenters. The molecule has 3 aromatic rings. The van der Waals surface area contributed by atoms with E-state index in [0.717, 1.165) is 22.6 Å². The number of hydrogen-bond acceptors (Lipinski definition) is 3. The number of para-hydroxylation sites is 1. The number of benzene rings is 1. The molecule has 1 N–H and O–H groups in total.